The fraction of sp³-hybridized carbons (Fsp3) is 0.0588. The average Bonchev–Trinajstić information content (AvgIpc) is 2.51. The highest BCUT2D eigenvalue weighted by atomic mass is 35.5. The molecule has 2 N–H and O–H groups in total. The van der Waals surface area contributed by atoms with Crippen LogP contribution in [0.15, 0.2) is 48.0 Å². The maximum absolute atomic E-state index is 12.2. The maximum Gasteiger partial charge on any atom is 0.337 e. The minimum atomic E-state index is -1.10. The van der Waals surface area contributed by atoms with Crippen LogP contribution in [0, 0.1) is 0 Å². The number of amides is 1. The van der Waals surface area contributed by atoms with Crippen molar-refractivity contribution in [3.8, 4) is 0 Å². The lowest BCUT2D eigenvalue weighted by molar-refractivity contribution is -0.112. The number of rotatable bonds is 4. The summed E-state index contributed by atoms with van der Waals surface area (Å²) in [5, 5.41) is 12.5. The van der Waals surface area contributed by atoms with E-state index in [-0.39, 0.29) is 11.3 Å². The van der Waals surface area contributed by atoms with Gasteiger partial charge in [-0.3, -0.25) is 4.79 Å². The summed E-state index contributed by atoms with van der Waals surface area (Å²) in [5.41, 5.74) is 1.40. The van der Waals surface area contributed by atoms with Crippen LogP contribution in [0.1, 0.15) is 22.8 Å². The molecule has 4 nitrogen and oxygen atoms in total. The lowest BCUT2D eigenvalue weighted by Gasteiger charge is -2.08. The standard InChI is InChI=1S/C17H13Cl2NO3/c1-10(8-11-6-7-13(18)14(19)9-11)16(21)20-15-5-3-2-4-12(15)17(22)23/h2-9H,1H3,(H,20,21)(H,22,23). The molecule has 0 fully saturated rings. The molecule has 0 unspecified atom stereocenters. The molecule has 6 heteroatoms. The summed E-state index contributed by atoms with van der Waals surface area (Å²) in [6.07, 6.45) is 1.64. The Morgan fingerprint density at radius 1 is 1.09 bits per heavy atom. The van der Waals surface area contributed by atoms with E-state index >= 15 is 0 Å². The van der Waals surface area contributed by atoms with Crippen molar-refractivity contribution in [2.24, 2.45) is 0 Å². The first kappa shape index (κ1) is 17.1. The highest BCUT2D eigenvalue weighted by molar-refractivity contribution is 6.42. The zero-order chi connectivity index (χ0) is 17.0. The SMILES string of the molecule is CC(=Cc1ccc(Cl)c(Cl)c1)C(=O)Nc1ccccc1C(=O)O. The summed E-state index contributed by atoms with van der Waals surface area (Å²) in [7, 11) is 0. The third-order valence-corrected chi connectivity index (χ3v) is 3.83. The molecule has 23 heavy (non-hydrogen) atoms. The first-order chi connectivity index (χ1) is 10.9. The molecule has 0 aliphatic carbocycles. The number of benzene rings is 2. The van der Waals surface area contributed by atoms with Crippen LogP contribution in [-0.4, -0.2) is 17.0 Å². The van der Waals surface area contributed by atoms with E-state index in [9.17, 15) is 9.59 Å². The van der Waals surface area contributed by atoms with Gasteiger partial charge in [-0.25, -0.2) is 4.79 Å². The van der Waals surface area contributed by atoms with E-state index in [4.69, 9.17) is 28.3 Å². The summed E-state index contributed by atoms with van der Waals surface area (Å²) in [5.74, 6) is -1.50. The van der Waals surface area contributed by atoms with Crippen LogP contribution in [0.2, 0.25) is 10.0 Å². The smallest absolute Gasteiger partial charge is 0.337 e. The Bertz CT molecular complexity index is 800. The molecule has 0 aliphatic heterocycles. The molecule has 0 atom stereocenters. The van der Waals surface area contributed by atoms with Crippen molar-refractivity contribution in [3.63, 3.8) is 0 Å². The Morgan fingerprint density at radius 3 is 2.43 bits per heavy atom. The Labute approximate surface area is 143 Å². The molecule has 2 aromatic carbocycles. The number of carbonyl (C=O) groups excluding carboxylic acids is 1. The van der Waals surface area contributed by atoms with E-state index in [1.54, 1.807) is 43.3 Å². The third kappa shape index (κ3) is 4.34. The molecule has 0 bridgehead atoms. The number of halogens is 2. The van der Waals surface area contributed by atoms with Crippen LogP contribution in [0.4, 0.5) is 5.69 Å². The monoisotopic (exact) mass is 349 g/mol. The number of hydrogen-bond acceptors (Lipinski definition) is 2. The molecule has 0 aliphatic rings. The number of para-hydroxylation sites is 1. The van der Waals surface area contributed by atoms with Gasteiger partial charge >= 0.3 is 5.97 Å². The number of carboxylic acid groups (broad SMARTS) is 1. The van der Waals surface area contributed by atoms with Gasteiger partial charge in [-0.1, -0.05) is 41.4 Å². The number of carboxylic acids is 1. The second-order valence-electron chi connectivity index (χ2n) is 4.81. The van der Waals surface area contributed by atoms with Crippen molar-refractivity contribution in [1.29, 1.82) is 0 Å². The second kappa shape index (κ2) is 7.31. The summed E-state index contributed by atoms with van der Waals surface area (Å²) in [4.78, 5) is 23.4. The molecule has 2 rings (SSSR count). The van der Waals surface area contributed by atoms with Crippen LogP contribution < -0.4 is 5.32 Å². The molecule has 0 saturated heterocycles. The van der Waals surface area contributed by atoms with Crippen molar-refractivity contribution in [2.45, 2.75) is 6.92 Å². The Balaban J connectivity index is 2.22. The summed E-state index contributed by atoms with van der Waals surface area (Å²) in [6, 6.07) is 11.2. The van der Waals surface area contributed by atoms with Crippen LogP contribution in [0.25, 0.3) is 6.08 Å². The van der Waals surface area contributed by atoms with Crippen molar-refractivity contribution in [3.05, 3.63) is 69.2 Å². The van der Waals surface area contributed by atoms with Gasteiger partial charge in [0.25, 0.3) is 5.91 Å². The van der Waals surface area contributed by atoms with Gasteiger partial charge < -0.3 is 10.4 Å². The fourth-order valence-electron chi connectivity index (χ4n) is 1.92. The van der Waals surface area contributed by atoms with Crippen molar-refractivity contribution >= 4 is 46.8 Å². The van der Waals surface area contributed by atoms with E-state index in [1.165, 1.54) is 12.1 Å². The minimum absolute atomic E-state index is 0.0307. The maximum atomic E-state index is 12.2. The van der Waals surface area contributed by atoms with Gasteiger partial charge in [0.1, 0.15) is 0 Å². The number of carbonyl (C=O) groups is 2. The number of hydrogen-bond donors (Lipinski definition) is 2. The predicted molar refractivity (Wildman–Crippen MR) is 92.1 cm³/mol. The van der Waals surface area contributed by atoms with Gasteiger partial charge in [-0.15, -0.1) is 0 Å². The molecular formula is C17H13Cl2NO3. The highest BCUT2D eigenvalue weighted by Crippen LogP contribution is 2.24. The predicted octanol–water partition coefficient (Wildman–Crippen LogP) is 4.73. The molecule has 0 spiro atoms. The largest absolute Gasteiger partial charge is 0.478 e. The van der Waals surface area contributed by atoms with Gasteiger partial charge in [-0.05, 0) is 42.8 Å². The molecule has 118 valence electrons. The van der Waals surface area contributed by atoms with Gasteiger partial charge in [-0.2, -0.15) is 0 Å². The summed E-state index contributed by atoms with van der Waals surface area (Å²) >= 11 is 11.8. The Hall–Kier alpha value is -2.30. The molecule has 2 aromatic rings. The van der Waals surface area contributed by atoms with E-state index in [0.29, 0.717) is 15.6 Å². The molecule has 0 aromatic heterocycles. The van der Waals surface area contributed by atoms with Crippen LogP contribution in [-0.2, 0) is 4.79 Å². The van der Waals surface area contributed by atoms with Crippen LogP contribution in [0.5, 0.6) is 0 Å². The number of anilines is 1. The van der Waals surface area contributed by atoms with Gasteiger partial charge in [0, 0.05) is 5.57 Å². The third-order valence-electron chi connectivity index (χ3n) is 3.09. The number of aromatic carboxylic acids is 1. The van der Waals surface area contributed by atoms with Gasteiger partial charge in [0.2, 0.25) is 0 Å². The summed E-state index contributed by atoms with van der Waals surface area (Å²) in [6.45, 7) is 1.63. The molecular weight excluding hydrogens is 337 g/mol. The van der Waals surface area contributed by atoms with E-state index in [2.05, 4.69) is 5.32 Å². The van der Waals surface area contributed by atoms with Crippen LogP contribution >= 0.6 is 23.2 Å². The van der Waals surface area contributed by atoms with Crippen molar-refractivity contribution in [1.82, 2.24) is 0 Å². The van der Waals surface area contributed by atoms with E-state index in [1.807, 2.05) is 0 Å². The highest BCUT2D eigenvalue weighted by Gasteiger charge is 2.12. The van der Waals surface area contributed by atoms with E-state index < -0.39 is 11.9 Å². The first-order valence-corrected chi connectivity index (χ1v) is 7.41. The fourth-order valence-corrected chi connectivity index (χ4v) is 2.22. The van der Waals surface area contributed by atoms with Gasteiger partial charge in [0.15, 0.2) is 0 Å². The van der Waals surface area contributed by atoms with Gasteiger partial charge in [0.05, 0.1) is 21.3 Å². The minimum Gasteiger partial charge on any atom is -0.478 e. The molecule has 1 amide bonds. The topological polar surface area (TPSA) is 66.4 Å². The molecule has 0 saturated carbocycles. The molecule has 0 heterocycles. The van der Waals surface area contributed by atoms with Crippen molar-refractivity contribution < 1.29 is 14.7 Å². The Morgan fingerprint density at radius 2 is 1.78 bits per heavy atom. The average molecular weight is 350 g/mol. The zero-order valence-corrected chi connectivity index (χ0v) is 13.7. The first-order valence-electron chi connectivity index (χ1n) is 6.65. The van der Waals surface area contributed by atoms with Crippen LogP contribution in [0.3, 0.4) is 0 Å². The zero-order valence-electron chi connectivity index (χ0n) is 12.1. The lowest BCUT2D eigenvalue weighted by Crippen LogP contribution is -2.15. The lowest BCUT2D eigenvalue weighted by atomic mass is 10.1. The number of nitrogens with one attached hydrogen (secondary N) is 1. The molecule has 0 radical (unpaired) electrons. The van der Waals surface area contributed by atoms with E-state index in [0.717, 1.165) is 5.56 Å². The normalized spacial score (nSPS) is 11.2. The Kier molecular flexibility index (Phi) is 5.42. The second-order valence-corrected chi connectivity index (χ2v) is 5.62. The summed E-state index contributed by atoms with van der Waals surface area (Å²) < 4.78 is 0. The van der Waals surface area contributed by atoms with Crippen molar-refractivity contribution in [2.75, 3.05) is 5.32 Å². The quantitative estimate of drug-likeness (QED) is 0.783.